The summed E-state index contributed by atoms with van der Waals surface area (Å²) in [6.07, 6.45) is 1.07. The van der Waals surface area contributed by atoms with Crippen LogP contribution in [0.15, 0.2) is 22.8 Å². The number of furan rings is 1. The molecule has 1 heterocycles. The Labute approximate surface area is 57.7 Å². The molecule has 1 nitrogen and oxygen atoms in total. The molecule has 0 aliphatic heterocycles. The van der Waals surface area contributed by atoms with Gasteiger partial charge in [0, 0.05) is 0 Å². The van der Waals surface area contributed by atoms with Crippen LogP contribution in [-0.2, 0) is 6.42 Å². The van der Waals surface area contributed by atoms with Crippen molar-refractivity contribution in [2.45, 2.75) is 19.3 Å². The molecule has 1 aromatic rings. The van der Waals surface area contributed by atoms with Crippen molar-refractivity contribution < 1.29 is 13.2 Å². The highest BCUT2D eigenvalue weighted by Crippen LogP contribution is 2.18. The molecule has 0 atom stereocenters. The number of hydrogen-bond donors (Lipinski definition) is 0. The zero-order chi connectivity index (χ0) is 7.61. The standard InChI is InChI=1S/C7H8F2O/c1-7(8,9)5-6-3-2-4-10-6/h2-4H,5H2,1H3. The van der Waals surface area contributed by atoms with Crippen LogP contribution >= 0.6 is 0 Å². The molecule has 3 heteroatoms. The minimum atomic E-state index is -2.67. The van der Waals surface area contributed by atoms with Gasteiger partial charge >= 0.3 is 0 Å². The van der Waals surface area contributed by atoms with Crippen LogP contribution in [0.2, 0.25) is 0 Å². The Bertz CT molecular complexity index is 186. The first-order chi connectivity index (χ1) is 4.58. The summed E-state index contributed by atoms with van der Waals surface area (Å²) in [7, 11) is 0. The van der Waals surface area contributed by atoms with Crippen molar-refractivity contribution in [1.82, 2.24) is 0 Å². The minimum Gasteiger partial charge on any atom is -0.469 e. The molecule has 1 aromatic heterocycles. The number of alkyl halides is 2. The lowest BCUT2D eigenvalue weighted by Crippen LogP contribution is -2.12. The largest absolute Gasteiger partial charge is 0.469 e. The van der Waals surface area contributed by atoms with E-state index < -0.39 is 5.92 Å². The average molecular weight is 146 g/mol. The van der Waals surface area contributed by atoms with Crippen LogP contribution in [0.3, 0.4) is 0 Å². The second-order valence-electron chi connectivity index (χ2n) is 2.33. The summed E-state index contributed by atoms with van der Waals surface area (Å²) in [5.74, 6) is -2.34. The van der Waals surface area contributed by atoms with E-state index in [2.05, 4.69) is 0 Å². The Morgan fingerprint density at radius 2 is 2.30 bits per heavy atom. The second kappa shape index (κ2) is 2.40. The van der Waals surface area contributed by atoms with Crippen molar-refractivity contribution >= 4 is 0 Å². The Kier molecular flexibility index (Phi) is 1.74. The molecule has 0 bridgehead atoms. The fourth-order valence-electron chi connectivity index (χ4n) is 0.719. The molecule has 0 aliphatic rings. The first-order valence-electron chi connectivity index (χ1n) is 2.98. The van der Waals surface area contributed by atoms with Gasteiger partial charge in [0.1, 0.15) is 5.76 Å². The van der Waals surface area contributed by atoms with Gasteiger partial charge < -0.3 is 4.42 Å². The molecule has 10 heavy (non-hydrogen) atoms. The average Bonchev–Trinajstić information content (AvgIpc) is 2.12. The van der Waals surface area contributed by atoms with Crippen molar-refractivity contribution in [3.8, 4) is 0 Å². The Morgan fingerprint density at radius 1 is 1.60 bits per heavy atom. The van der Waals surface area contributed by atoms with Gasteiger partial charge in [-0.15, -0.1) is 0 Å². The highest BCUT2D eigenvalue weighted by atomic mass is 19.3. The number of hydrogen-bond acceptors (Lipinski definition) is 1. The quantitative estimate of drug-likeness (QED) is 0.624. The third kappa shape index (κ3) is 2.17. The van der Waals surface area contributed by atoms with E-state index in [4.69, 9.17) is 4.42 Å². The maximum atomic E-state index is 12.2. The van der Waals surface area contributed by atoms with Crippen molar-refractivity contribution in [3.63, 3.8) is 0 Å². The van der Waals surface area contributed by atoms with E-state index in [9.17, 15) is 8.78 Å². The summed E-state index contributed by atoms with van der Waals surface area (Å²) in [5, 5.41) is 0. The molecule has 0 fully saturated rings. The van der Waals surface area contributed by atoms with Crippen LogP contribution in [0.4, 0.5) is 8.78 Å². The van der Waals surface area contributed by atoms with E-state index in [1.807, 2.05) is 0 Å². The predicted molar refractivity (Wildman–Crippen MR) is 33.0 cm³/mol. The van der Waals surface area contributed by atoms with Gasteiger partial charge in [-0.05, 0) is 19.1 Å². The molecule has 0 radical (unpaired) electrons. The van der Waals surface area contributed by atoms with Gasteiger partial charge in [-0.3, -0.25) is 0 Å². The lowest BCUT2D eigenvalue weighted by atomic mass is 10.2. The van der Waals surface area contributed by atoms with E-state index >= 15 is 0 Å². The maximum Gasteiger partial charge on any atom is 0.252 e. The van der Waals surface area contributed by atoms with Gasteiger partial charge in [-0.1, -0.05) is 0 Å². The molecule has 0 spiro atoms. The van der Waals surface area contributed by atoms with Crippen LogP contribution in [0, 0.1) is 0 Å². The van der Waals surface area contributed by atoms with Gasteiger partial charge in [-0.25, -0.2) is 8.78 Å². The first kappa shape index (κ1) is 7.25. The van der Waals surface area contributed by atoms with Gasteiger partial charge in [0.25, 0.3) is 5.92 Å². The van der Waals surface area contributed by atoms with Crippen molar-refractivity contribution in [2.75, 3.05) is 0 Å². The van der Waals surface area contributed by atoms with E-state index in [0.717, 1.165) is 6.92 Å². The monoisotopic (exact) mass is 146 g/mol. The smallest absolute Gasteiger partial charge is 0.252 e. The van der Waals surface area contributed by atoms with Gasteiger partial charge in [0.2, 0.25) is 0 Å². The Morgan fingerprint density at radius 3 is 2.70 bits per heavy atom. The molecule has 56 valence electrons. The fourth-order valence-corrected chi connectivity index (χ4v) is 0.719. The number of rotatable bonds is 2. The summed E-state index contributed by atoms with van der Waals surface area (Å²) < 4.78 is 29.2. The molecular formula is C7H8F2O. The molecule has 0 amide bonds. The van der Waals surface area contributed by atoms with Crippen LogP contribution in [0.5, 0.6) is 0 Å². The summed E-state index contributed by atoms with van der Waals surface area (Å²) in [4.78, 5) is 0. The summed E-state index contributed by atoms with van der Waals surface area (Å²) in [5.41, 5.74) is 0. The molecule has 0 N–H and O–H groups in total. The van der Waals surface area contributed by atoms with Gasteiger partial charge in [0.05, 0.1) is 12.7 Å². The number of halogens is 2. The van der Waals surface area contributed by atoms with E-state index in [0.29, 0.717) is 5.76 Å². The van der Waals surface area contributed by atoms with Crippen LogP contribution in [0.1, 0.15) is 12.7 Å². The minimum absolute atomic E-state index is 0.319. The van der Waals surface area contributed by atoms with E-state index in [-0.39, 0.29) is 6.42 Å². The molecule has 0 saturated carbocycles. The van der Waals surface area contributed by atoms with Crippen LogP contribution in [0.25, 0.3) is 0 Å². The third-order valence-electron chi connectivity index (χ3n) is 1.06. The predicted octanol–water partition coefficient (Wildman–Crippen LogP) is 2.48. The Hall–Kier alpha value is -0.860. The summed E-state index contributed by atoms with van der Waals surface area (Å²) in [6, 6.07) is 3.14. The summed E-state index contributed by atoms with van der Waals surface area (Å²) in [6.45, 7) is 0.871. The zero-order valence-electron chi connectivity index (χ0n) is 5.60. The van der Waals surface area contributed by atoms with Gasteiger partial charge in [0.15, 0.2) is 0 Å². The second-order valence-corrected chi connectivity index (χ2v) is 2.33. The Balaban J connectivity index is 2.57. The topological polar surface area (TPSA) is 13.1 Å². The zero-order valence-corrected chi connectivity index (χ0v) is 5.60. The molecule has 1 rings (SSSR count). The summed E-state index contributed by atoms with van der Waals surface area (Å²) >= 11 is 0. The van der Waals surface area contributed by atoms with Crippen LogP contribution < -0.4 is 0 Å². The molecule has 0 aliphatic carbocycles. The van der Waals surface area contributed by atoms with E-state index in [1.54, 1.807) is 6.07 Å². The maximum absolute atomic E-state index is 12.2. The molecule has 0 saturated heterocycles. The third-order valence-corrected chi connectivity index (χ3v) is 1.06. The highest BCUT2D eigenvalue weighted by Gasteiger charge is 2.22. The van der Waals surface area contributed by atoms with Crippen molar-refractivity contribution in [3.05, 3.63) is 24.2 Å². The van der Waals surface area contributed by atoms with Crippen molar-refractivity contribution in [1.29, 1.82) is 0 Å². The normalized spacial score (nSPS) is 11.9. The van der Waals surface area contributed by atoms with Gasteiger partial charge in [-0.2, -0.15) is 0 Å². The first-order valence-corrected chi connectivity index (χ1v) is 2.98. The molecular weight excluding hydrogens is 138 g/mol. The van der Waals surface area contributed by atoms with E-state index in [1.165, 1.54) is 12.3 Å². The molecule has 0 aromatic carbocycles. The fraction of sp³-hybridized carbons (Fsp3) is 0.429. The lowest BCUT2D eigenvalue weighted by Gasteiger charge is -2.05. The molecule has 0 unspecified atom stereocenters. The van der Waals surface area contributed by atoms with Crippen molar-refractivity contribution in [2.24, 2.45) is 0 Å². The van der Waals surface area contributed by atoms with Crippen LogP contribution in [-0.4, -0.2) is 5.92 Å². The lowest BCUT2D eigenvalue weighted by molar-refractivity contribution is 0.0176. The SMILES string of the molecule is CC(F)(F)Cc1ccco1. The highest BCUT2D eigenvalue weighted by molar-refractivity contribution is 5.00.